The van der Waals surface area contributed by atoms with Gasteiger partial charge in [-0.25, -0.2) is 4.79 Å². The largest absolute Gasteiger partial charge is 0.480 e. The van der Waals surface area contributed by atoms with Gasteiger partial charge in [0, 0.05) is 6.42 Å². The van der Waals surface area contributed by atoms with Gasteiger partial charge in [0.1, 0.15) is 5.54 Å². The molecule has 1 atom stereocenters. The quantitative estimate of drug-likeness (QED) is 0.798. The van der Waals surface area contributed by atoms with E-state index in [0.29, 0.717) is 12.0 Å². The third-order valence-electron chi connectivity index (χ3n) is 3.44. The summed E-state index contributed by atoms with van der Waals surface area (Å²) in [7, 11) is 0. The van der Waals surface area contributed by atoms with Crippen LogP contribution in [-0.4, -0.2) is 17.6 Å². The van der Waals surface area contributed by atoms with Gasteiger partial charge in [0.15, 0.2) is 0 Å². The predicted octanol–water partition coefficient (Wildman–Crippen LogP) is 2.43. The number of carboxylic acids is 1. The fraction of sp³-hybridized carbons (Fsp3) is 0.167. The molecule has 0 saturated carbocycles. The molecule has 0 aliphatic heterocycles. The predicted molar refractivity (Wildman–Crippen MR) is 82.7 cm³/mol. The van der Waals surface area contributed by atoms with Crippen LogP contribution in [0.5, 0.6) is 0 Å². The van der Waals surface area contributed by atoms with Gasteiger partial charge in [0.05, 0.1) is 6.54 Å². The number of nitrogens with one attached hydrogen (secondary N) is 1. The highest BCUT2D eigenvalue weighted by molar-refractivity contribution is 5.81. The normalized spacial score (nSPS) is 13.1. The van der Waals surface area contributed by atoms with Gasteiger partial charge in [-0.1, -0.05) is 66.6 Å². The lowest BCUT2D eigenvalue weighted by atomic mass is 9.83. The van der Waals surface area contributed by atoms with Crippen molar-refractivity contribution in [2.75, 3.05) is 6.54 Å². The molecule has 21 heavy (non-hydrogen) atoms. The summed E-state index contributed by atoms with van der Waals surface area (Å²) >= 11 is 0. The molecular weight excluding hydrogens is 262 g/mol. The molecule has 0 bridgehead atoms. The maximum Gasteiger partial charge on any atom is 0.328 e. The monoisotopic (exact) mass is 279 g/mol. The first kappa shape index (κ1) is 14.8. The van der Waals surface area contributed by atoms with E-state index in [1.807, 2.05) is 48.5 Å². The number of hydrogen-bond acceptors (Lipinski definition) is 2. The zero-order chi connectivity index (χ0) is 15.1. The first-order valence-electron chi connectivity index (χ1n) is 6.70. The van der Waals surface area contributed by atoms with Gasteiger partial charge in [-0.2, -0.15) is 0 Å². The Bertz CT molecular complexity index is 631. The molecule has 2 aromatic carbocycles. The van der Waals surface area contributed by atoms with E-state index >= 15 is 0 Å². The summed E-state index contributed by atoms with van der Waals surface area (Å²) in [5.41, 5.74) is 0.402. The van der Waals surface area contributed by atoms with Gasteiger partial charge in [-0.05, 0) is 11.1 Å². The minimum absolute atomic E-state index is 0.189. The summed E-state index contributed by atoms with van der Waals surface area (Å²) in [6.07, 6.45) is 5.63. The minimum atomic E-state index is -1.23. The fourth-order valence-electron chi connectivity index (χ4n) is 2.37. The second kappa shape index (κ2) is 6.74. The first-order chi connectivity index (χ1) is 10.2. The Labute approximate surface area is 124 Å². The fourth-order valence-corrected chi connectivity index (χ4v) is 2.37. The molecule has 0 amide bonds. The number of carbonyl (C=O) groups is 1. The van der Waals surface area contributed by atoms with Crippen LogP contribution in [0.25, 0.3) is 0 Å². The van der Waals surface area contributed by atoms with Crippen molar-refractivity contribution in [3.05, 3.63) is 71.8 Å². The van der Waals surface area contributed by atoms with Crippen LogP contribution in [0, 0.1) is 12.3 Å². The third kappa shape index (κ3) is 3.31. The zero-order valence-electron chi connectivity index (χ0n) is 11.6. The lowest BCUT2D eigenvalue weighted by molar-refractivity contribution is -0.145. The zero-order valence-corrected chi connectivity index (χ0v) is 11.6. The molecule has 0 spiro atoms. The average molecular weight is 279 g/mol. The maximum atomic E-state index is 12.0. The minimum Gasteiger partial charge on any atom is -0.480 e. The molecule has 0 saturated heterocycles. The highest BCUT2D eigenvalue weighted by atomic mass is 16.4. The SMILES string of the molecule is C#CCNC(Cc1ccccc1)(C(=O)O)c1ccccc1. The summed E-state index contributed by atoms with van der Waals surface area (Å²) in [4.78, 5) is 12.0. The highest BCUT2D eigenvalue weighted by Gasteiger charge is 2.39. The molecule has 0 aliphatic rings. The first-order valence-corrected chi connectivity index (χ1v) is 6.70. The summed E-state index contributed by atoms with van der Waals surface area (Å²) in [5.74, 6) is 1.52. The van der Waals surface area contributed by atoms with Crippen LogP contribution < -0.4 is 5.32 Å². The second-order valence-electron chi connectivity index (χ2n) is 4.80. The van der Waals surface area contributed by atoms with E-state index in [4.69, 9.17) is 6.42 Å². The summed E-state index contributed by atoms with van der Waals surface area (Å²) in [6.45, 7) is 0.189. The molecule has 2 aromatic rings. The molecule has 0 radical (unpaired) electrons. The summed E-state index contributed by atoms with van der Waals surface area (Å²) in [6, 6.07) is 18.7. The third-order valence-corrected chi connectivity index (χ3v) is 3.44. The van der Waals surface area contributed by atoms with Crippen LogP contribution >= 0.6 is 0 Å². The molecule has 0 heterocycles. The molecular formula is C18H17NO2. The molecule has 3 heteroatoms. The van der Waals surface area contributed by atoms with E-state index in [1.165, 1.54) is 0 Å². The summed E-state index contributed by atoms with van der Waals surface area (Å²) in [5, 5.41) is 12.8. The van der Waals surface area contributed by atoms with Crippen molar-refractivity contribution < 1.29 is 9.90 Å². The van der Waals surface area contributed by atoms with E-state index in [2.05, 4.69) is 11.2 Å². The van der Waals surface area contributed by atoms with E-state index < -0.39 is 11.5 Å². The maximum absolute atomic E-state index is 12.0. The van der Waals surface area contributed by atoms with Crippen molar-refractivity contribution >= 4 is 5.97 Å². The molecule has 0 aliphatic carbocycles. The van der Waals surface area contributed by atoms with Gasteiger partial charge in [-0.3, -0.25) is 5.32 Å². The van der Waals surface area contributed by atoms with E-state index in [1.54, 1.807) is 12.1 Å². The lowest BCUT2D eigenvalue weighted by Gasteiger charge is -2.31. The van der Waals surface area contributed by atoms with Crippen LogP contribution in [0.15, 0.2) is 60.7 Å². The molecule has 0 fully saturated rings. The Morgan fingerprint density at radius 1 is 1.10 bits per heavy atom. The molecule has 3 nitrogen and oxygen atoms in total. The van der Waals surface area contributed by atoms with Gasteiger partial charge in [-0.15, -0.1) is 6.42 Å². The number of aliphatic carboxylic acids is 1. The smallest absolute Gasteiger partial charge is 0.328 e. The topological polar surface area (TPSA) is 49.3 Å². The summed E-state index contributed by atoms with van der Waals surface area (Å²) < 4.78 is 0. The second-order valence-corrected chi connectivity index (χ2v) is 4.80. The molecule has 2 rings (SSSR count). The van der Waals surface area contributed by atoms with Gasteiger partial charge in [0.25, 0.3) is 0 Å². The van der Waals surface area contributed by atoms with Gasteiger partial charge < -0.3 is 5.11 Å². The number of hydrogen-bond donors (Lipinski definition) is 2. The van der Waals surface area contributed by atoms with E-state index in [-0.39, 0.29) is 6.54 Å². The standard InChI is InChI=1S/C18H17NO2/c1-2-13-19-18(17(20)21,16-11-7-4-8-12-16)14-15-9-5-3-6-10-15/h1,3-12,19H,13-14H2,(H,20,21). The molecule has 106 valence electrons. The van der Waals surface area contributed by atoms with Crippen molar-refractivity contribution in [1.82, 2.24) is 5.32 Å². The molecule has 2 N–H and O–H groups in total. The van der Waals surface area contributed by atoms with E-state index in [9.17, 15) is 9.90 Å². The number of carboxylic acid groups (broad SMARTS) is 1. The Balaban J connectivity index is 2.46. The number of rotatable bonds is 6. The molecule has 0 aromatic heterocycles. The van der Waals surface area contributed by atoms with Crippen molar-refractivity contribution in [3.63, 3.8) is 0 Å². The Morgan fingerprint density at radius 2 is 1.67 bits per heavy atom. The lowest BCUT2D eigenvalue weighted by Crippen LogP contribution is -2.51. The van der Waals surface area contributed by atoms with Crippen molar-refractivity contribution in [1.29, 1.82) is 0 Å². The Hall–Kier alpha value is -2.57. The number of benzene rings is 2. The van der Waals surface area contributed by atoms with Crippen LogP contribution in [0.3, 0.4) is 0 Å². The average Bonchev–Trinajstić information content (AvgIpc) is 2.53. The van der Waals surface area contributed by atoms with E-state index in [0.717, 1.165) is 5.56 Å². The highest BCUT2D eigenvalue weighted by Crippen LogP contribution is 2.26. The van der Waals surface area contributed by atoms with Crippen LogP contribution in [0.1, 0.15) is 11.1 Å². The van der Waals surface area contributed by atoms with Crippen molar-refractivity contribution in [3.8, 4) is 12.3 Å². The van der Waals surface area contributed by atoms with Crippen LogP contribution in [-0.2, 0) is 16.8 Å². The van der Waals surface area contributed by atoms with Gasteiger partial charge in [0.2, 0.25) is 0 Å². The van der Waals surface area contributed by atoms with Crippen molar-refractivity contribution in [2.45, 2.75) is 12.0 Å². The Kier molecular flexibility index (Phi) is 4.76. The molecule has 1 unspecified atom stereocenters. The van der Waals surface area contributed by atoms with Crippen LogP contribution in [0.2, 0.25) is 0 Å². The van der Waals surface area contributed by atoms with Gasteiger partial charge >= 0.3 is 5.97 Å². The van der Waals surface area contributed by atoms with Crippen LogP contribution in [0.4, 0.5) is 0 Å². The Morgan fingerprint density at radius 3 is 2.19 bits per heavy atom. The van der Waals surface area contributed by atoms with Crippen molar-refractivity contribution in [2.24, 2.45) is 0 Å². The number of terminal acetylenes is 1.